The van der Waals surface area contributed by atoms with Crippen LogP contribution in [0.4, 0.5) is 4.39 Å². The summed E-state index contributed by atoms with van der Waals surface area (Å²) in [6.07, 6.45) is 2.12. The topological polar surface area (TPSA) is 77.2 Å². The van der Waals surface area contributed by atoms with E-state index < -0.39 is 21.4 Å². The molecule has 1 heterocycles. The predicted molar refractivity (Wildman–Crippen MR) is 64.2 cm³/mol. The zero-order valence-corrected chi connectivity index (χ0v) is 11.0. The van der Waals surface area contributed by atoms with Crippen LogP contribution >= 0.6 is 0 Å². The number of ketones is 1. The van der Waals surface area contributed by atoms with E-state index in [1.54, 1.807) is 0 Å². The number of rotatable bonds is 3. The van der Waals surface area contributed by atoms with Gasteiger partial charge in [0, 0.05) is 11.8 Å². The van der Waals surface area contributed by atoms with Gasteiger partial charge in [-0.25, -0.2) is 12.8 Å². The lowest BCUT2D eigenvalue weighted by Gasteiger charge is -2.06. The number of carbonyl (C=O) groups excluding carboxylic acids is 1. The molecule has 0 radical (unpaired) electrons. The number of halogens is 1. The van der Waals surface area contributed by atoms with Crippen LogP contribution in [0.1, 0.15) is 21.7 Å². The Morgan fingerprint density at radius 2 is 2.00 bits per heavy atom. The Morgan fingerprint density at radius 3 is 2.53 bits per heavy atom. The Balaban J connectivity index is 2.64. The fourth-order valence-corrected chi connectivity index (χ4v) is 2.54. The van der Waals surface area contributed by atoms with E-state index in [-0.39, 0.29) is 21.8 Å². The maximum Gasteiger partial charge on any atom is 0.199 e. The Hall–Kier alpha value is -2.02. The van der Waals surface area contributed by atoms with E-state index in [2.05, 4.69) is 5.16 Å². The number of hydrogen-bond donors (Lipinski definition) is 0. The van der Waals surface area contributed by atoms with Crippen LogP contribution in [0.5, 0.6) is 0 Å². The molecule has 2 rings (SSSR count). The maximum absolute atomic E-state index is 13.2. The molecule has 7 heteroatoms. The number of benzene rings is 1. The van der Waals surface area contributed by atoms with Crippen molar-refractivity contribution < 1.29 is 22.1 Å². The van der Waals surface area contributed by atoms with Gasteiger partial charge in [0.1, 0.15) is 11.6 Å². The molecule has 0 saturated heterocycles. The Kier molecular flexibility index (Phi) is 3.23. The first kappa shape index (κ1) is 13.4. The zero-order chi connectivity index (χ0) is 14.2. The van der Waals surface area contributed by atoms with Crippen molar-refractivity contribution >= 4 is 15.6 Å². The summed E-state index contributed by atoms with van der Waals surface area (Å²) < 4.78 is 41.1. The van der Waals surface area contributed by atoms with Gasteiger partial charge in [0.15, 0.2) is 15.6 Å². The molecule has 0 aliphatic carbocycles. The van der Waals surface area contributed by atoms with Crippen LogP contribution in [-0.4, -0.2) is 25.6 Å². The second kappa shape index (κ2) is 4.58. The standard InChI is InChI=1S/C12H10FNO4S/c1-7-10(6-14-18-7)12(15)9-4-3-8(13)5-11(9)19(2,16)17/h3-6H,1-2H3. The average Bonchev–Trinajstić information content (AvgIpc) is 2.73. The summed E-state index contributed by atoms with van der Waals surface area (Å²) in [6.45, 7) is 1.53. The van der Waals surface area contributed by atoms with Crippen molar-refractivity contribution in [2.45, 2.75) is 11.8 Å². The number of sulfone groups is 1. The van der Waals surface area contributed by atoms with Crippen molar-refractivity contribution in [3.63, 3.8) is 0 Å². The zero-order valence-electron chi connectivity index (χ0n) is 10.2. The summed E-state index contributed by atoms with van der Waals surface area (Å²) >= 11 is 0. The molecule has 0 unspecified atom stereocenters. The molecule has 100 valence electrons. The van der Waals surface area contributed by atoms with Crippen LogP contribution in [0.3, 0.4) is 0 Å². The fraction of sp³-hybridized carbons (Fsp3) is 0.167. The van der Waals surface area contributed by atoms with Gasteiger partial charge in [-0.05, 0) is 25.1 Å². The molecule has 5 nitrogen and oxygen atoms in total. The first-order valence-electron chi connectivity index (χ1n) is 5.26. The first-order valence-corrected chi connectivity index (χ1v) is 7.15. The molecule has 0 bridgehead atoms. The minimum absolute atomic E-state index is 0.102. The summed E-state index contributed by atoms with van der Waals surface area (Å²) in [4.78, 5) is 11.9. The summed E-state index contributed by atoms with van der Waals surface area (Å²) in [5, 5.41) is 3.46. The smallest absolute Gasteiger partial charge is 0.199 e. The van der Waals surface area contributed by atoms with Crippen molar-refractivity contribution in [3.8, 4) is 0 Å². The van der Waals surface area contributed by atoms with E-state index in [1.807, 2.05) is 0 Å². The van der Waals surface area contributed by atoms with Crippen molar-refractivity contribution in [2.24, 2.45) is 0 Å². The van der Waals surface area contributed by atoms with Gasteiger partial charge >= 0.3 is 0 Å². The molecular formula is C12H10FNO4S. The number of aryl methyl sites for hydroxylation is 1. The SMILES string of the molecule is Cc1oncc1C(=O)c1ccc(F)cc1S(C)(=O)=O. The lowest BCUT2D eigenvalue weighted by Crippen LogP contribution is -2.10. The number of carbonyl (C=O) groups is 1. The minimum atomic E-state index is -3.72. The highest BCUT2D eigenvalue weighted by atomic mass is 32.2. The van der Waals surface area contributed by atoms with Gasteiger partial charge in [-0.2, -0.15) is 0 Å². The first-order chi connectivity index (χ1) is 8.80. The third-order valence-corrected chi connectivity index (χ3v) is 3.72. The van der Waals surface area contributed by atoms with Crippen LogP contribution < -0.4 is 0 Å². The van der Waals surface area contributed by atoms with E-state index >= 15 is 0 Å². The van der Waals surface area contributed by atoms with E-state index in [4.69, 9.17) is 4.52 Å². The lowest BCUT2D eigenvalue weighted by molar-refractivity contribution is 0.103. The molecule has 0 atom stereocenters. The number of nitrogens with zero attached hydrogens (tertiary/aromatic N) is 1. The molecule has 2 aromatic rings. The van der Waals surface area contributed by atoms with Gasteiger partial charge in [-0.1, -0.05) is 5.16 Å². The molecule has 0 N–H and O–H groups in total. The largest absolute Gasteiger partial charge is 0.361 e. The molecule has 0 amide bonds. The van der Waals surface area contributed by atoms with E-state index in [0.29, 0.717) is 0 Å². The highest BCUT2D eigenvalue weighted by Crippen LogP contribution is 2.22. The van der Waals surface area contributed by atoms with Gasteiger partial charge in [-0.15, -0.1) is 0 Å². The summed E-state index contributed by atoms with van der Waals surface area (Å²) in [7, 11) is -3.72. The van der Waals surface area contributed by atoms with Crippen LogP contribution in [0, 0.1) is 12.7 Å². The van der Waals surface area contributed by atoms with Crippen LogP contribution in [0.2, 0.25) is 0 Å². The highest BCUT2D eigenvalue weighted by Gasteiger charge is 2.23. The lowest BCUT2D eigenvalue weighted by atomic mass is 10.0. The van der Waals surface area contributed by atoms with Crippen LogP contribution in [0.15, 0.2) is 33.8 Å². The Labute approximate surface area is 109 Å². The van der Waals surface area contributed by atoms with Gasteiger partial charge in [0.05, 0.1) is 16.7 Å². The average molecular weight is 283 g/mol. The minimum Gasteiger partial charge on any atom is -0.361 e. The molecule has 0 fully saturated rings. The van der Waals surface area contributed by atoms with Crippen molar-refractivity contribution in [1.82, 2.24) is 5.16 Å². The van der Waals surface area contributed by atoms with Gasteiger partial charge in [-0.3, -0.25) is 4.79 Å². The van der Waals surface area contributed by atoms with Gasteiger partial charge in [0.25, 0.3) is 0 Å². The monoisotopic (exact) mass is 283 g/mol. The normalized spacial score (nSPS) is 11.5. The van der Waals surface area contributed by atoms with E-state index in [0.717, 1.165) is 24.5 Å². The summed E-state index contributed by atoms with van der Waals surface area (Å²) in [6, 6.07) is 3.00. The van der Waals surface area contributed by atoms with Crippen molar-refractivity contribution in [3.05, 3.63) is 47.1 Å². The van der Waals surface area contributed by atoms with Crippen molar-refractivity contribution in [1.29, 1.82) is 0 Å². The second-order valence-corrected chi connectivity index (χ2v) is 6.02. The van der Waals surface area contributed by atoms with Gasteiger partial charge in [0.2, 0.25) is 0 Å². The quantitative estimate of drug-likeness (QED) is 0.802. The van der Waals surface area contributed by atoms with E-state index in [1.165, 1.54) is 13.1 Å². The van der Waals surface area contributed by atoms with Crippen molar-refractivity contribution in [2.75, 3.05) is 6.26 Å². The number of hydrogen-bond acceptors (Lipinski definition) is 5. The second-order valence-electron chi connectivity index (χ2n) is 4.04. The molecule has 0 aliphatic heterocycles. The predicted octanol–water partition coefficient (Wildman–Crippen LogP) is 1.76. The summed E-state index contributed by atoms with van der Waals surface area (Å²) in [5.74, 6) is -1.02. The molecule has 0 saturated carbocycles. The van der Waals surface area contributed by atoms with Gasteiger partial charge < -0.3 is 4.52 Å². The molecule has 0 aliphatic rings. The molecule has 19 heavy (non-hydrogen) atoms. The number of aromatic nitrogens is 1. The fourth-order valence-electron chi connectivity index (χ4n) is 1.65. The third-order valence-electron chi connectivity index (χ3n) is 2.58. The Morgan fingerprint density at radius 1 is 1.32 bits per heavy atom. The molecular weight excluding hydrogens is 273 g/mol. The molecule has 0 spiro atoms. The van der Waals surface area contributed by atoms with Crippen LogP contribution in [0.25, 0.3) is 0 Å². The highest BCUT2D eigenvalue weighted by molar-refractivity contribution is 7.90. The van der Waals surface area contributed by atoms with Crippen LogP contribution in [-0.2, 0) is 9.84 Å². The molecule has 1 aromatic heterocycles. The third kappa shape index (κ3) is 2.55. The summed E-state index contributed by atoms with van der Waals surface area (Å²) in [5.41, 5.74) is 0.0479. The molecule has 1 aromatic carbocycles. The maximum atomic E-state index is 13.2. The van der Waals surface area contributed by atoms with E-state index in [9.17, 15) is 17.6 Å². The Bertz CT molecular complexity index is 749.